The van der Waals surface area contributed by atoms with Gasteiger partial charge in [0.05, 0.1) is 6.61 Å². The third-order valence-corrected chi connectivity index (χ3v) is 5.38. The van der Waals surface area contributed by atoms with E-state index in [0.29, 0.717) is 39.3 Å². The monoisotopic (exact) mass is 440 g/mol. The molecule has 1 aliphatic carbocycles. The van der Waals surface area contributed by atoms with Gasteiger partial charge in [0.1, 0.15) is 21.4 Å². The number of nitrogens with one attached hydrogen (secondary N) is 1. The summed E-state index contributed by atoms with van der Waals surface area (Å²) in [6.45, 7) is 5.60. The third kappa shape index (κ3) is 3.33. The Bertz CT molecular complexity index is 1190. The van der Waals surface area contributed by atoms with E-state index in [9.17, 15) is 4.79 Å². The fourth-order valence-corrected chi connectivity index (χ4v) is 3.71. The summed E-state index contributed by atoms with van der Waals surface area (Å²) in [6.07, 6.45) is 2.04. The highest BCUT2D eigenvalue weighted by Crippen LogP contribution is 2.36. The molecule has 144 valence electrons. The average Bonchev–Trinajstić information content (AvgIpc) is 2.71. The zero-order valence-electron chi connectivity index (χ0n) is 15.8. The smallest absolute Gasteiger partial charge is 0.204 e. The molecule has 0 unspecified atom stereocenters. The van der Waals surface area contributed by atoms with Crippen molar-refractivity contribution in [1.29, 1.82) is 0 Å². The topological polar surface area (TPSA) is 64.4 Å². The van der Waals surface area contributed by atoms with Crippen LogP contribution in [0.15, 0.2) is 50.1 Å². The minimum atomic E-state index is -0.129. The number of benzene rings is 3. The highest BCUT2D eigenvalue weighted by atomic mass is 79.9. The van der Waals surface area contributed by atoms with Gasteiger partial charge in [-0.1, -0.05) is 13.3 Å². The molecule has 0 saturated heterocycles. The number of hydrogen-bond donors (Lipinski definition) is 1. The van der Waals surface area contributed by atoms with Gasteiger partial charge in [-0.15, -0.1) is 0 Å². The second kappa shape index (κ2) is 7.80. The molecule has 2 aliphatic rings. The van der Waals surface area contributed by atoms with Gasteiger partial charge >= 0.3 is 0 Å². The normalized spacial score (nSPS) is 11.4. The van der Waals surface area contributed by atoms with Gasteiger partial charge in [-0.3, -0.25) is 4.79 Å². The number of halogens is 1. The molecule has 1 N–H and O–H groups in total. The number of rotatable bonds is 6. The summed E-state index contributed by atoms with van der Waals surface area (Å²) in [5.74, 6) is 1.15. The van der Waals surface area contributed by atoms with Crippen molar-refractivity contribution < 1.29 is 9.15 Å². The van der Waals surface area contributed by atoms with Crippen LogP contribution in [0.3, 0.4) is 0 Å². The molecule has 0 bridgehead atoms. The van der Waals surface area contributed by atoms with E-state index in [1.54, 1.807) is 6.07 Å². The first-order chi connectivity index (χ1) is 13.6. The van der Waals surface area contributed by atoms with Gasteiger partial charge < -0.3 is 14.5 Å². The Morgan fingerprint density at radius 1 is 1.14 bits per heavy atom. The van der Waals surface area contributed by atoms with Gasteiger partial charge in [-0.25, -0.2) is 4.98 Å². The molecule has 2 aromatic rings. The van der Waals surface area contributed by atoms with Crippen molar-refractivity contribution in [1.82, 2.24) is 4.98 Å². The van der Waals surface area contributed by atoms with Crippen LogP contribution in [0.1, 0.15) is 26.7 Å². The second-order valence-electron chi connectivity index (χ2n) is 6.66. The van der Waals surface area contributed by atoms with Crippen molar-refractivity contribution in [2.24, 2.45) is 0 Å². The first-order valence-corrected chi connectivity index (χ1v) is 10.3. The highest BCUT2D eigenvalue weighted by molar-refractivity contribution is 9.10. The molecule has 28 heavy (non-hydrogen) atoms. The van der Waals surface area contributed by atoms with E-state index >= 15 is 0 Å². The molecule has 0 amide bonds. The Morgan fingerprint density at radius 3 is 2.79 bits per heavy atom. The molecule has 2 aromatic carbocycles. The van der Waals surface area contributed by atoms with E-state index in [1.165, 1.54) is 0 Å². The minimum Gasteiger partial charge on any atom is -0.494 e. The van der Waals surface area contributed by atoms with Gasteiger partial charge in [0.15, 0.2) is 11.3 Å². The molecular weight excluding hydrogens is 420 g/mol. The average molecular weight is 441 g/mol. The lowest BCUT2D eigenvalue weighted by molar-refractivity contribution is 0.310. The fourth-order valence-electron chi connectivity index (χ4n) is 3.23. The van der Waals surface area contributed by atoms with E-state index in [4.69, 9.17) is 14.1 Å². The number of aromatic nitrogens is 1. The summed E-state index contributed by atoms with van der Waals surface area (Å²) in [4.78, 5) is 17.7. The fraction of sp³-hybridized carbons (Fsp3) is 0.273. The van der Waals surface area contributed by atoms with Crippen LogP contribution in [-0.4, -0.2) is 18.1 Å². The predicted molar refractivity (Wildman–Crippen MR) is 117 cm³/mol. The highest BCUT2D eigenvalue weighted by Gasteiger charge is 2.21. The van der Waals surface area contributed by atoms with E-state index in [-0.39, 0.29) is 5.43 Å². The molecular formula is C22H21BrN2O3. The molecule has 0 atom stereocenters. The lowest BCUT2D eigenvalue weighted by Crippen LogP contribution is -2.08. The molecule has 1 heterocycles. The Morgan fingerprint density at radius 2 is 2.00 bits per heavy atom. The summed E-state index contributed by atoms with van der Waals surface area (Å²) < 4.78 is 12.2. The van der Waals surface area contributed by atoms with E-state index in [1.807, 2.05) is 37.3 Å². The summed E-state index contributed by atoms with van der Waals surface area (Å²) in [6, 6.07) is 11.3. The Hall–Kier alpha value is -2.60. The maximum atomic E-state index is 12.9. The maximum Gasteiger partial charge on any atom is 0.204 e. The summed E-state index contributed by atoms with van der Waals surface area (Å²) in [5.41, 5.74) is 2.85. The Kier molecular flexibility index (Phi) is 5.22. The lowest BCUT2D eigenvalue weighted by atomic mass is 10.0. The maximum absolute atomic E-state index is 12.9. The number of unbranched alkanes of at least 4 members (excludes halogenated alkanes) is 1. The van der Waals surface area contributed by atoms with Crippen molar-refractivity contribution in [3.05, 3.63) is 51.1 Å². The first kappa shape index (κ1) is 18.7. The number of anilines is 1. The van der Waals surface area contributed by atoms with Crippen LogP contribution >= 0.6 is 15.9 Å². The van der Waals surface area contributed by atoms with Crippen LogP contribution in [0.5, 0.6) is 5.75 Å². The summed E-state index contributed by atoms with van der Waals surface area (Å²) >= 11 is 3.42. The third-order valence-electron chi connectivity index (χ3n) is 4.66. The molecule has 0 radical (unpaired) electrons. The van der Waals surface area contributed by atoms with Crippen LogP contribution in [0.2, 0.25) is 0 Å². The number of fused-ring (bicyclic) bond motifs is 4. The van der Waals surface area contributed by atoms with Crippen LogP contribution in [0.4, 0.5) is 5.69 Å². The largest absolute Gasteiger partial charge is 0.494 e. The lowest BCUT2D eigenvalue weighted by Gasteiger charge is -2.13. The molecule has 0 saturated carbocycles. The first-order valence-electron chi connectivity index (χ1n) is 9.49. The SMILES string of the molecule is CCCCOc1ccc2c3nc4ccc(NCC)cc4oc-3c(Br)c(=O)c2c1. The standard InChI is InChI=1S/C22H21BrN2O3/c1-3-5-10-27-14-7-8-15-16(12-14)21(26)19(23)22-20(15)25-17-9-6-13(24-4-2)11-18(17)28-22/h6-9,11-12,24H,3-5,10H2,1-2H3. The molecule has 4 rings (SSSR count). The minimum absolute atomic E-state index is 0.129. The van der Waals surface area contributed by atoms with Crippen molar-refractivity contribution in [3.63, 3.8) is 0 Å². The zero-order valence-corrected chi connectivity index (χ0v) is 17.4. The molecule has 0 aromatic heterocycles. The Balaban J connectivity index is 1.92. The van der Waals surface area contributed by atoms with Crippen LogP contribution in [0.25, 0.3) is 33.3 Å². The molecule has 6 heteroatoms. The van der Waals surface area contributed by atoms with E-state index in [0.717, 1.165) is 36.0 Å². The van der Waals surface area contributed by atoms with Crippen molar-refractivity contribution in [2.45, 2.75) is 26.7 Å². The molecule has 0 spiro atoms. The van der Waals surface area contributed by atoms with Crippen molar-refractivity contribution >= 4 is 43.5 Å². The summed E-state index contributed by atoms with van der Waals surface area (Å²) in [5, 5.41) is 4.58. The van der Waals surface area contributed by atoms with Gasteiger partial charge in [0.25, 0.3) is 0 Å². The van der Waals surface area contributed by atoms with Crippen LogP contribution < -0.4 is 15.5 Å². The van der Waals surface area contributed by atoms with Gasteiger partial charge in [0.2, 0.25) is 5.43 Å². The second-order valence-corrected chi connectivity index (χ2v) is 7.45. The van der Waals surface area contributed by atoms with E-state index < -0.39 is 0 Å². The van der Waals surface area contributed by atoms with E-state index in [2.05, 4.69) is 28.2 Å². The molecule has 0 fully saturated rings. The van der Waals surface area contributed by atoms with Crippen LogP contribution in [-0.2, 0) is 0 Å². The predicted octanol–water partition coefficient (Wildman–Crippen LogP) is 5.82. The number of hydrogen-bond acceptors (Lipinski definition) is 5. The number of ether oxygens (including phenoxy) is 1. The Labute approximate surface area is 171 Å². The van der Waals surface area contributed by atoms with Crippen LogP contribution in [0, 0.1) is 0 Å². The van der Waals surface area contributed by atoms with Gasteiger partial charge in [-0.2, -0.15) is 0 Å². The van der Waals surface area contributed by atoms with Crippen molar-refractivity contribution in [2.75, 3.05) is 18.5 Å². The quantitative estimate of drug-likeness (QED) is 0.232. The zero-order chi connectivity index (χ0) is 19.7. The molecule has 1 aliphatic heterocycles. The summed E-state index contributed by atoms with van der Waals surface area (Å²) in [7, 11) is 0. The molecule has 5 nitrogen and oxygen atoms in total. The van der Waals surface area contributed by atoms with Crippen molar-refractivity contribution in [3.8, 4) is 17.2 Å². The van der Waals surface area contributed by atoms with Gasteiger partial charge in [0, 0.05) is 29.1 Å². The number of nitrogens with zero attached hydrogens (tertiary/aromatic N) is 1. The van der Waals surface area contributed by atoms with Gasteiger partial charge in [-0.05, 0) is 59.6 Å².